The highest BCUT2D eigenvalue weighted by molar-refractivity contribution is 5.90. The molecule has 1 amide bonds. The molecule has 2 N–H and O–H groups in total. The number of benzene rings is 1. The molecule has 6 heteroatoms. The van der Waals surface area contributed by atoms with E-state index in [0.29, 0.717) is 0 Å². The average molecular weight is 311 g/mol. The van der Waals surface area contributed by atoms with Crippen LogP contribution in [-0.4, -0.2) is 42.3 Å². The molecule has 0 atom stereocenters. The summed E-state index contributed by atoms with van der Waals surface area (Å²) in [6.07, 6.45) is 0. The van der Waals surface area contributed by atoms with Gasteiger partial charge in [-0.25, -0.2) is 0 Å². The molecule has 2 aromatic rings. The van der Waals surface area contributed by atoms with Gasteiger partial charge >= 0.3 is 0 Å². The first-order valence-corrected chi connectivity index (χ1v) is 7.75. The normalized spacial score (nSPS) is 14.9. The quantitative estimate of drug-likeness (QED) is 0.930. The van der Waals surface area contributed by atoms with Crippen LogP contribution in [0.1, 0.15) is 21.6 Å². The third-order valence-electron chi connectivity index (χ3n) is 4.21. The lowest BCUT2D eigenvalue weighted by molar-refractivity contribution is 0.0994. The van der Waals surface area contributed by atoms with Gasteiger partial charge in [-0.3, -0.25) is 4.79 Å². The molecule has 0 radical (unpaired) electrons. The molecular weight excluding hydrogens is 290 g/mol. The van der Waals surface area contributed by atoms with E-state index in [4.69, 9.17) is 5.73 Å². The van der Waals surface area contributed by atoms with Crippen molar-refractivity contribution in [3.8, 4) is 0 Å². The molecule has 2 heterocycles. The van der Waals surface area contributed by atoms with Gasteiger partial charge in [-0.05, 0) is 43.2 Å². The predicted octanol–water partition coefficient (Wildman–Crippen LogP) is 1.52. The topological polar surface area (TPSA) is 75.3 Å². The van der Waals surface area contributed by atoms with Crippen molar-refractivity contribution in [1.82, 2.24) is 10.2 Å². The highest BCUT2D eigenvalue weighted by Crippen LogP contribution is 2.23. The third-order valence-corrected chi connectivity index (χ3v) is 4.21. The Labute approximate surface area is 135 Å². The fourth-order valence-electron chi connectivity index (χ4n) is 2.86. The molecule has 1 saturated heterocycles. The lowest BCUT2D eigenvalue weighted by Gasteiger charge is -2.37. The van der Waals surface area contributed by atoms with Crippen LogP contribution in [0.2, 0.25) is 0 Å². The standard InChI is InChI=1S/C17H21N5O/c1-12-3-4-13(2)15(11-12)21-7-9-22(10-8-21)16-6-5-14(17(18)23)19-20-16/h3-6,11H,7-10H2,1-2H3,(H2,18,23). The lowest BCUT2D eigenvalue weighted by atomic mass is 10.1. The van der Waals surface area contributed by atoms with E-state index < -0.39 is 5.91 Å². The summed E-state index contributed by atoms with van der Waals surface area (Å²) in [4.78, 5) is 15.6. The first kappa shape index (κ1) is 15.3. The zero-order chi connectivity index (χ0) is 16.4. The Morgan fingerprint density at radius 1 is 1.00 bits per heavy atom. The number of primary amides is 1. The summed E-state index contributed by atoms with van der Waals surface area (Å²) >= 11 is 0. The van der Waals surface area contributed by atoms with Gasteiger partial charge in [0.1, 0.15) is 0 Å². The summed E-state index contributed by atoms with van der Waals surface area (Å²) in [5, 5.41) is 7.99. The van der Waals surface area contributed by atoms with E-state index in [2.05, 4.69) is 52.0 Å². The van der Waals surface area contributed by atoms with Crippen LogP contribution in [0.4, 0.5) is 11.5 Å². The van der Waals surface area contributed by atoms with E-state index in [1.54, 1.807) is 12.1 Å². The molecule has 1 fully saturated rings. The van der Waals surface area contributed by atoms with E-state index in [1.807, 2.05) is 0 Å². The van der Waals surface area contributed by atoms with Gasteiger partial charge in [0.05, 0.1) is 0 Å². The molecular formula is C17H21N5O. The summed E-state index contributed by atoms with van der Waals surface area (Å²) in [7, 11) is 0. The van der Waals surface area contributed by atoms with Crippen LogP contribution in [-0.2, 0) is 0 Å². The summed E-state index contributed by atoms with van der Waals surface area (Å²) < 4.78 is 0. The van der Waals surface area contributed by atoms with Gasteiger partial charge in [-0.1, -0.05) is 12.1 Å². The van der Waals surface area contributed by atoms with E-state index >= 15 is 0 Å². The molecule has 1 aliphatic rings. The fraction of sp³-hybridized carbons (Fsp3) is 0.353. The van der Waals surface area contributed by atoms with E-state index in [0.717, 1.165) is 32.0 Å². The van der Waals surface area contributed by atoms with Crippen LogP contribution in [0.15, 0.2) is 30.3 Å². The second-order valence-corrected chi connectivity index (χ2v) is 5.91. The summed E-state index contributed by atoms with van der Waals surface area (Å²) in [6.45, 7) is 7.88. The van der Waals surface area contributed by atoms with Crippen LogP contribution < -0.4 is 15.5 Å². The van der Waals surface area contributed by atoms with Crippen molar-refractivity contribution in [2.75, 3.05) is 36.0 Å². The molecule has 1 aromatic carbocycles. The molecule has 0 saturated carbocycles. The Morgan fingerprint density at radius 3 is 2.30 bits per heavy atom. The number of aryl methyl sites for hydroxylation is 2. The number of anilines is 2. The number of piperazine rings is 1. The van der Waals surface area contributed by atoms with Crippen LogP contribution in [0.5, 0.6) is 0 Å². The SMILES string of the molecule is Cc1ccc(C)c(N2CCN(c3ccc(C(N)=O)nn3)CC2)c1. The van der Waals surface area contributed by atoms with E-state index in [-0.39, 0.29) is 5.69 Å². The minimum atomic E-state index is -0.552. The van der Waals surface area contributed by atoms with Gasteiger partial charge in [-0.15, -0.1) is 10.2 Å². The number of rotatable bonds is 3. The molecule has 1 aliphatic heterocycles. The maximum Gasteiger partial charge on any atom is 0.269 e. The Bertz CT molecular complexity index is 705. The Hall–Kier alpha value is -2.63. The van der Waals surface area contributed by atoms with Crippen LogP contribution in [0, 0.1) is 13.8 Å². The first-order chi connectivity index (χ1) is 11.0. The second-order valence-electron chi connectivity index (χ2n) is 5.91. The number of amides is 1. The largest absolute Gasteiger partial charge is 0.368 e. The molecule has 0 aliphatic carbocycles. The molecule has 23 heavy (non-hydrogen) atoms. The van der Waals surface area contributed by atoms with Crippen molar-refractivity contribution in [1.29, 1.82) is 0 Å². The predicted molar refractivity (Wildman–Crippen MR) is 90.9 cm³/mol. The zero-order valence-corrected chi connectivity index (χ0v) is 13.5. The minimum absolute atomic E-state index is 0.197. The van der Waals surface area contributed by atoms with Gasteiger partial charge in [0.25, 0.3) is 5.91 Å². The number of aromatic nitrogens is 2. The monoisotopic (exact) mass is 311 g/mol. The molecule has 0 spiro atoms. The molecule has 0 unspecified atom stereocenters. The van der Waals surface area contributed by atoms with Crippen LogP contribution in [0.3, 0.4) is 0 Å². The highest BCUT2D eigenvalue weighted by Gasteiger charge is 2.20. The van der Waals surface area contributed by atoms with Crippen LogP contribution in [0.25, 0.3) is 0 Å². The first-order valence-electron chi connectivity index (χ1n) is 7.75. The lowest BCUT2D eigenvalue weighted by Crippen LogP contribution is -2.47. The van der Waals surface area contributed by atoms with Crippen molar-refractivity contribution >= 4 is 17.4 Å². The Morgan fingerprint density at radius 2 is 1.70 bits per heavy atom. The third kappa shape index (κ3) is 3.26. The number of hydrogen-bond acceptors (Lipinski definition) is 5. The molecule has 6 nitrogen and oxygen atoms in total. The summed E-state index contributed by atoms with van der Waals surface area (Å²) in [6, 6.07) is 9.99. The van der Waals surface area contributed by atoms with Crippen molar-refractivity contribution in [2.24, 2.45) is 5.73 Å². The summed E-state index contributed by atoms with van der Waals surface area (Å²) in [5.41, 5.74) is 9.27. The number of hydrogen-bond donors (Lipinski definition) is 1. The highest BCUT2D eigenvalue weighted by atomic mass is 16.1. The van der Waals surface area contributed by atoms with Crippen molar-refractivity contribution in [3.05, 3.63) is 47.2 Å². The van der Waals surface area contributed by atoms with Gasteiger partial charge in [0, 0.05) is 31.9 Å². The van der Waals surface area contributed by atoms with E-state index in [1.165, 1.54) is 16.8 Å². The van der Waals surface area contributed by atoms with Gasteiger partial charge in [0.15, 0.2) is 11.5 Å². The van der Waals surface area contributed by atoms with E-state index in [9.17, 15) is 4.79 Å². The van der Waals surface area contributed by atoms with Gasteiger partial charge < -0.3 is 15.5 Å². The number of carbonyl (C=O) groups excluding carboxylic acids is 1. The minimum Gasteiger partial charge on any atom is -0.368 e. The number of nitrogens with two attached hydrogens (primary N) is 1. The maximum absolute atomic E-state index is 11.0. The summed E-state index contributed by atoms with van der Waals surface area (Å²) in [5.74, 6) is 0.236. The zero-order valence-electron chi connectivity index (χ0n) is 13.5. The Kier molecular flexibility index (Phi) is 4.14. The molecule has 0 bridgehead atoms. The van der Waals surface area contributed by atoms with Crippen LogP contribution >= 0.6 is 0 Å². The Balaban J connectivity index is 1.68. The van der Waals surface area contributed by atoms with Crippen molar-refractivity contribution in [2.45, 2.75) is 13.8 Å². The van der Waals surface area contributed by atoms with Gasteiger partial charge in [-0.2, -0.15) is 0 Å². The fourth-order valence-corrected chi connectivity index (χ4v) is 2.86. The molecule has 1 aromatic heterocycles. The smallest absolute Gasteiger partial charge is 0.269 e. The maximum atomic E-state index is 11.0. The molecule has 120 valence electrons. The second kappa shape index (κ2) is 6.24. The number of carbonyl (C=O) groups is 1. The van der Waals surface area contributed by atoms with Crippen molar-refractivity contribution < 1.29 is 4.79 Å². The van der Waals surface area contributed by atoms with Crippen molar-refractivity contribution in [3.63, 3.8) is 0 Å². The molecule has 3 rings (SSSR count). The average Bonchev–Trinajstić information content (AvgIpc) is 2.57. The van der Waals surface area contributed by atoms with Gasteiger partial charge in [0.2, 0.25) is 0 Å². The number of nitrogens with zero attached hydrogens (tertiary/aromatic N) is 4.